The Balaban J connectivity index is 4.82. The molecule has 6 nitrogen and oxygen atoms in total. The molecule has 0 aliphatic heterocycles. The van der Waals surface area contributed by atoms with Crippen molar-refractivity contribution < 1.29 is 20.1 Å². The molecule has 0 amide bonds. The molecule has 0 aliphatic rings. The third-order valence-electron chi connectivity index (χ3n) is 2.95. The van der Waals surface area contributed by atoms with Crippen LogP contribution in [0.3, 0.4) is 0 Å². The normalized spacial score (nSPS) is 15.7. The Kier molecular flexibility index (Phi) is 10.4. The maximum Gasteiger partial charge on any atom is 0.303 e. The number of nitrogens with zero attached hydrogens (tertiary/aromatic N) is 2. The lowest BCUT2D eigenvalue weighted by molar-refractivity contribution is -0.137. The lowest BCUT2D eigenvalue weighted by Gasteiger charge is -2.11. The summed E-state index contributed by atoms with van der Waals surface area (Å²) in [5.74, 6) is -0.408. The molecule has 0 saturated carbocycles. The SMILES string of the molecule is CC(O)=CC(C)=NCC(CCCCC(=O)O)N=C(C)C=C(C)O. The third-order valence-corrected chi connectivity index (χ3v) is 2.95. The van der Waals surface area contributed by atoms with Gasteiger partial charge in [-0.2, -0.15) is 0 Å². The topological polar surface area (TPSA) is 102 Å². The van der Waals surface area contributed by atoms with Crippen LogP contribution in [0.4, 0.5) is 0 Å². The number of unbranched alkanes of at least 4 members (excludes halogenated alkanes) is 1. The van der Waals surface area contributed by atoms with Gasteiger partial charge in [0.2, 0.25) is 0 Å². The van der Waals surface area contributed by atoms with Gasteiger partial charge in [-0.1, -0.05) is 6.42 Å². The second kappa shape index (κ2) is 11.5. The largest absolute Gasteiger partial charge is 0.513 e. The summed E-state index contributed by atoms with van der Waals surface area (Å²) >= 11 is 0. The first-order valence-corrected chi connectivity index (χ1v) is 7.72. The van der Waals surface area contributed by atoms with Crippen molar-refractivity contribution in [2.75, 3.05) is 6.54 Å². The zero-order valence-electron chi connectivity index (χ0n) is 14.4. The second-order valence-electron chi connectivity index (χ2n) is 5.62. The van der Waals surface area contributed by atoms with Crippen LogP contribution in [-0.4, -0.2) is 45.3 Å². The highest BCUT2D eigenvalue weighted by Gasteiger charge is 2.08. The number of allylic oxidation sites excluding steroid dienone is 4. The number of carbonyl (C=O) groups is 1. The number of aliphatic hydroxyl groups is 2. The molecule has 130 valence electrons. The van der Waals surface area contributed by atoms with Crippen molar-refractivity contribution in [3.63, 3.8) is 0 Å². The molecule has 1 atom stereocenters. The quantitative estimate of drug-likeness (QED) is 0.322. The third kappa shape index (κ3) is 13.3. The van der Waals surface area contributed by atoms with Crippen LogP contribution >= 0.6 is 0 Å². The van der Waals surface area contributed by atoms with Crippen LogP contribution in [0.2, 0.25) is 0 Å². The zero-order valence-corrected chi connectivity index (χ0v) is 14.4. The first-order chi connectivity index (χ1) is 10.7. The number of aliphatic carboxylic acids is 1. The van der Waals surface area contributed by atoms with Gasteiger partial charge in [0, 0.05) is 17.8 Å². The molecule has 0 radical (unpaired) electrons. The van der Waals surface area contributed by atoms with E-state index in [0.29, 0.717) is 24.4 Å². The highest BCUT2D eigenvalue weighted by Crippen LogP contribution is 2.09. The lowest BCUT2D eigenvalue weighted by atomic mass is 10.1. The van der Waals surface area contributed by atoms with Gasteiger partial charge in [0.1, 0.15) is 0 Å². The molecule has 0 aromatic carbocycles. The minimum Gasteiger partial charge on any atom is -0.513 e. The molecule has 0 rings (SSSR count). The van der Waals surface area contributed by atoms with Crippen LogP contribution in [0, 0.1) is 0 Å². The van der Waals surface area contributed by atoms with Crippen molar-refractivity contribution in [2.24, 2.45) is 9.98 Å². The van der Waals surface area contributed by atoms with Gasteiger partial charge in [-0.05, 0) is 52.7 Å². The predicted octanol–water partition coefficient (Wildman–Crippen LogP) is 3.85. The molecule has 1 unspecified atom stereocenters. The van der Waals surface area contributed by atoms with Crippen LogP contribution in [0.25, 0.3) is 0 Å². The van der Waals surface area contributed by atoms with E-state index >= 15 is 0 Å². The number of rotatable bonds is 10. The summed E-state index contributed by atoms with van der Waals surface area (Å²) in [6, 6.07) is -0.0817. The molecule has 0 bridgehead atoms. The zero-order chi connectivity index (χ0) is 17.8. The number of aliphatic hydroxyl groups excluding tert-OH is 2. The van der Waals surface area contributed by atoms with Crippen LogP contribution < -0.4 is 0 Å². The number of carboxylic acids is 1. The smallest absolute Gasteiger partial charge is 0.303 e. The highest BCUT2D eigenvalue weighted by molar-refractivity contribution is 5.93. The molecule has 0 aromatic heterocycles. The van der Waals surface area contributed by atoms with Crippen molar-refractivity contribution in [3.8, 4) is 0 Å². The average molecular weight is 324 g/mol. The summed E-state index contributed by atoms with van der Waals surface area (Å²) < 4.78 is 0. The maximum absolute atomic E-state index is 10.5. The summed E-state index contributed by atoms with van der Waals surface area (Å²) in [5.41, 5.74) is 1.41. The van der Waals surface area contributed by atoms with Crippen LogP contribution in [0.1, 0.15) is 53.4 Å². The van der Waals surface area contributed by atoms with Crippen molar-refractivity contribution in [1.82, 2.24) is 0 Å². The average Bonchev–Trinajstić information content (AvgIpc) is 2.38. The number of hydrogen-bond donors (Lipinski definition) is 3. The maximum atomic E-state index is 10.5. The Morgan fingerprint density at radius 3 is 2.04 bits per heavy atom. The molecular weight excluding hydrogens is 296 g/mol. The van der Waals surface area contributed by atoms with Gasteiger partial charge in [0.25, 0.3) is 0 Å². The van der Waals surface area contributed by atoms with Crippen LogP contribution in [0.5, 0.6) is 0 Å². The molecule has 0 saturated heterocycles. The second-order valence-corrected chi connectivity index (χ2v) is 5.62. The van der Waals surface area contributed by atoms with Gasteiger partial charge in [-0.3, -0.25) is 14.8 Å². The van der Waals surface area contributed by atoms with Crippen molar-refractivity contribution >= 4 is 17.4 Å². The van der Waals surface area contributed by atoms with E-state index in [1.165, 1.54) is 0 Å². The first kappa shape index (κ1) is 20.9. The Bertz CT molecular complexity index is 497. The molecule has 3 N–H and O–H groups in total. The van der Waals surface area contributed by atoms with Crippen LogP contribution in [0.15, 0.2) is 33.7 Å². The van der Waals surface area contributed by atoms with Crippen molar-refractivity contribution in [1.29, 1.82) is 0 Å². The van der Waals surface area contributed by atoms with E-state index in [1.807, 2.05) is 0 Å². The summed E-state index contributed by atoms with van der Waals surface area (Å²) in [5, 5.41) is 27.2. The van der Waals surface area contributed by atoms with Gasteiger partial charge < -0.3 is 15.3 Å². The Morgan fingerprint density at radius 2 is 1.52 bits per heavy atom. The Morgan fingerprint density at radius 1 is 0.957 bits per heavy atom. The molecule has 0 heterocycles. The van der Waals surface area contributed by atoms with E-state index in [2.05, 4.69) is 9.98 Å². The van der Waals surface area contributed by atoms with Crippen molar-refractivity contribution in [3.05, 3.63) is 23.7 Å². The minimum absolute atomic E-state index is 0.0817. The molecule has 0 fully saturated rings. The summed E-state index contributed by atoms with van der Waals surface area (Å²) in [4.78, 5) is 19.5. The van der Waals surface area contributed by atoms with E-state index < -0.39 is 5.97 Å². The molecule has 0 aromatic rings. The molecule has 0 aliphatic carbocycles. The Hall–Kier alpha value is -2.11. The number of carboxylic acid groups (broad SMARTS) is 1. The monoisotopic (exact) mass is 324 g/mol. The first-order valence-electron chi connectivity index (χ1n) is 7.72. The van der Waals surface area contributed by atoms with Gasteiger partial charge in [-0.15, -0.1) is 0 Å². The van der Waals surface area contributed by atoms with Gasteiger partial charge in [-0.25, -0.2) is 0 Å². The van der Waals surface area contributed by atoms with E-state index in [0.717, 1.165) is 12.8 Å². The fourth-order valence-electron chi connectivity index (χ4n) is 2.08. The lowest BCUT2D eigenvalue weighted by Crippen LogP contribution is -2.13. The van der Waals surface area contributed by atoms with E-state index in [-0.39, 0.29) is 24.0 Å². The molecule has 0 spiro atoms. The van der Waals surface area contributed by atoms with E-state index in [9.17, 15) is 15.0 Å². The predicted molar refractivity (Wildman–Crippen MR) is 93.7 cm³/mol. The van der Waals surface area contributed by atoms with Gasteiger partial charge in [0.15, 0.2) is 0 Å². The number of hydrogen-bond acceptors (Lipinski definition) is 5. The van der Waals surface area contributed by atoms with Crippen molar-refractivity contribution in [2.45, 2.75) is 59.4 Å². The number of aliphatic imine (C=N–C) groups is 2. The van der Waals surface area contributed by atoms with Gasteiger partial charge in [0.05, 0.1) is 24.1 Å². The fourth-order valence-corrected chi connectivity index (χ4v) is 2.08. The van der Waals surface area contributed by atoms with E-state index in [1.54, 1.807) is 39.8 Å². The minimum atomic E-state index is -0.794. The summed E-state index contributed by atoms with van der Waals surface area (Å²) in [6.45, 7) is 7.23. The standard InChI is InChI=1S/C17H28N2O4/c1-12(9-14(3)20)18-11-16(7-5-6-8-17(22)23)19-13(2)10-15(4)21/h9-10,16,20-21H,5-8,11H2,1-4H3,(H,22,23). The summed E-state index contributed by atoms with van der Waals surface area (Å²) in [6.07, 6.45) is 5.39. The molecule has 23 heavy (non-hydrogen) atoms. The van der Waals surface area contributed by atoms with Crippen LogP contribution in [-0.2, 0) is 4.79 Å². The Labute approximate surface area is 138 Å². The van der Waals surface area contributed by atoms with Gasteiger partial charge >= 0.3 is 5.97 Å². The molecule has 6 heteroatoms. The fraction of sp³-hybridized carbons (Fsp3) is 0.588. The van der Waals surface area contributed by atoms with E-state index in [4.69, 9.17) is 5.11 Å². The summed E-state index contributed by atoms with van der Waals surface area (Å²) in [7, 11) is 0. The molecular formula is C17H28N2O4. The highest BCUT2D eigenvalue weighted by atomic mass is 16.4.